The third kappa shape index (κ3) is 5.72. The van der Waals surface area contributed by atoms with Gasteiger partial charge in [-0.15, -0.1) is 0 Å². The number of carboxylic acids is 1. The molecule has 4 heterocycles. The van der Waals surface area contributed by atoms with Gasteiger partial charge < -0.3 is 24.0 Å². The van der Waals surface area contributed by atoms with Gasteiger partial charge in [0.15, 0.2) is 0 Å². The third-order valence-electron chi connectivity index (χ3n) is 7.28. The Hall–Kier alpha value is -3.80. The van der Waals surface area contributed by atoms with E-state index in [9.17, 15) is 14.3 Å². The Labute approximate surface area is 234 Å². The lowest BCUT2D eigenvalue weighted by atomic mass is 10.1. The molecule has 12 heteroatoms. The number of anilines is 1. The van der Waals surface area contributed by atoms with E-state index in [2.05, 4.69) is 24.3 Å². The molecular weight excluding hydrogens is 539 g/mol. The van der Waals surface area contributed by atoms with E-state index in [0.29, 0.717) is 48.6 Å². The minimum Gasteiger partial charge on any atom is -0.478 e. The second-order valence-electron chi connectivity index (χ2n) is 9.91. The molecule has 2 aliphatic rings. The van der Waals surface area contributed by atoms with Gasteiger partial charge in [0.25, 0.3) is 0 Å². The predicted octanol–water partition coefficient (Wildman–Crippen LogP) is 4.01. The van der Waals surface area contributed by atoms with Gasteiger partial charge in [-0.2, -0.15) is 4.98 Å². The highest BCUT2D eigenvalue weighted by Gasteiger charge is 2.25. The molecule has 0 aliphatic carbocycles. The number of aromatic nitrogens is 4. The highest BCUT2D eigenvalue weighted by atomic mass is 35.5. The van der Waals surface area contributed by atoms with Crippen LogP contribution in [0.4, 0.5) is 10.3 Å². The molecule has 0 saturated carbocycles. The normalized spacial score (nSPS) is 17.6. The number of hydrogen-bond donors (Lipinski definition) is 1. The van der Waals surface area contributed by atoms with Gasteiger partial charge in [0.2, 0.25) is 11.8 Å². The summed E-state index contributed by atoms with van der Waals surface area (Å²) in [5, 5.41) is 9.81. The first-order chi connectivity index (χ1) is 19.4. The van der Waals surface area contributed by atoms with Crippen LogP contribution in [0.1, 0.15) is 28.2 Å². The zero-order chi connectivity index (χ0) is 27.6. The second kappa shape index (κ2) is 11.4. The molecule has 6 rings (SSSR count). The standard InChI is InChI=1S/C28H28ClFN6O4/c29-20-3-1-19(22(30)14-20)17-40-26-5-7-31-28(33-26)35-10-8-34(9-11-35)16-25-32-23-4-2-18(27(37)38)13-24(23)36(25)15-21-6-12-39-21/h1-5,7,13-14,21H,6,8-12,15-17H2,(H,37,38)/t21-/m0/s1. The fourth-order valence-electron chi connectivity index (χ4n) is 4.92. The topological polar surface area (TPSA) is 106 Å². The van der Waals surface area contributed by atoms with Crippen molar-refractivity contribution in [1.82, 2.24) is 24.4 Å². The Bertz CT molecular complexity index is 1540. The maximum absolute atomic E-state index is 14.1. The molecule has 1 N–H and O–H groups in total. The van der Waals surface area contributed by atoms with Crippen LogP contribution < -0.4 is 9.64 Å². The molecule has 40 heavy (non-hydrogen) atoms. The maximum Gasteiger partial charge on any atom is 0.335 e. The molecule has 2 saturated heterocycles. The van der Waals surface area contributed by atoms with Gasteiger partial charge in [-0.1, -0.05) is 17.7 Å². The number of halogens is 2. The van der Waals surface area contributed by atoms with Gasteiger partial charge in [0.05, 0.1) is 35.8 Å². The molecule has 0 bridgehead atoms. The van der Waals surface area contributed by atoms with Gasteiger partial charge in [0.1, 0.15) is 18.2 Å². The summed E-state index contributed by atoms with van der Waals surface area (Å²) in [4.78, 5) is 29.8. The van der Waals surface area contributed by atoms with Gasteiger partial charge in [-0.25, -0.2) is 19.2 Å². The maximum atomic E-state index is 14.1. The molecule has 4 aromatic rings. The highest BCUT2D eigenvalue weighted by molar-refractivity contribution is 6.30. The number of rotatable bonds is 9. The summed E-state index contributed by atoms with van der Waals surface area (Å²) in [5.41, 5.74) is 2.23. The smallest absolute Gasteiger partial charge is 0.335 e. The van der Waals surface area contributed by atoms with Crippen molar-refractivity contribution in [3.05, 3.63) is 76.5 Å². The largest absolute Gasteiger partial charge is 0.478 e. The van der Waals surface area contributed by atoms with Crippen molar-refractivity contribution in [2.45, 2.75) is 32.2 Å². The summed E-state index contributed by atoms with van der Waals surface area (Å²) in [7, 11) is 0. The number of benzene rings is 2. The molecule has 0 radical (unpaired) electrons. The van der Waals surface area contributed by atoms with Crippen molar-refractivity contribution in [2.75, 3.05) is 37.7 Å². The Morgan fingerprint density at radius 1 is 1.12 bits per heavy atom. The van der Waals surface area contributed by atoms with Gasteiger partial charge in [0, 0.05) is 55.6 Å². The second-order valence-corrected chi connectivity index (χ2v) is 10.3. The molecule has 208 valence electrons. The predicted molar refractivity (Wildman–Crippen MR) is 146 cm³/mol. The first-order valence-electron chi connectivity index (χ1n) is 13.1. The molecular formula is C28H28ClFN6O4. The Morgan fingerprint density at radius 3 is 2.67 bits per heavy atom. The van der Waals surface area contributed by atoms with E-state index in [0.717, 1.165) is 43.0 Å². The number of imidazole rings is 1. The number of aromatic carboxylic acids is 1. The van der Waals surface area contributed by atoms with Crippen LogP contribution in [0.3, 0.4) is 0 Å². The van der Waals surface area contributed by atoms with Crippen LogP contribution in [0.15, 0.2) is 48.7 Å². The summed E-state index contributed by atoms with van der Waals surface area (Å²) in [6, 6.07) is 11.2. The highest BCUT2D eigenvalue weighted by Crippen LogP contribution is 2.24. The number of fused-ring (bicyclic) bond motifs is 1. The minimum atomic E-state index is -0.957. The van der Waals surface area contributed by atoms with Gasteiger partial charge >= 0.3 is 5.97 Å². The number of hydrogen-bond acceptors (Lipinski definition) is 8. The van der Waals surface area contributed by atoms with Crippen molar-refractivity contribution >= 4 is 34.6 Å². The fraction of sp³-hybridized carbons (Fsp3) is 0.357. The molecule has 0 spiro atoms. The first kappa shape index (κ1) is 26.4. The molecule has 2 aliphatic heterocycles. The van der Waals surface area contributed by atoms with Gasteiger partial charge in [-0.05, 0) is 36.8 Å². The van der Waals surface area contributed by atoms with Crippen LogP contribution in [0.25, 0.3) is 11.0 Å². The van der Waals surface area contributed by atoms with Crippen LogP contribution in [0, 0.1) is 5.82 Å². The molecule has 2 fully saturated rings. The van der Waals surface area contributed by atoms with Crippen molar-refractivity contribution in [3.8, 4) is 5.88 Å². The van der Waals surface area contributed by atoms with E-state index >= 15 is 0 Å². The van der Waals surface area contributed by atoms with Crippen molar-refractivity contribution in [1.29, 1.82) is 0 Å². The molecule has 2 aromatic carbocycles. The van der Waals surface area contributed by atoms with Crippen molar-refractivity contribution in [2.24, 2.45) is 0 Å². The monoisotopic (exact) mass is 566 g/mol. The molecule has 0 unspecified atom stereocenters. The minimum absolute atomic E-state index is 0.0358. The average Bonchev–Trinajstić information content (AvgIpc) is 3.26. The fourth-order valence-corrected chi connectivity index (χ4v) is 5.08. The summed E-state index contributed by atoms with van der Waals surface area (Å²) >= 11 is 5.83. The average molecular weight is 567 g/mol. The van der Waals surface area contributed by atoms with Crippen LogP contribution >= 0.6 is 11.6 Å². The van der Waals surface area contributed by atoms with E-state index < -0.39 is 11.8 Å². The van der Waals surface area contributed by atoms with Crippen LogP contribution in [0.2, 0.25) is 5.02 Å². The van der Waals surface area contributed by atoms with Gasteiger partial charge in [-0.3, -0.25) is 4.90 Å². The lowest BCUT2D eigenvalue weighted by Crippen LogP contribution is -2.47. The van der Waals surface area contributed by atoms with Crippen LogP contribution in [0.5, 0.6) is 5.88 Å². The SMILES string of the molecule is O=C(O)c1ccc2nc(CN3CCN(c4nccc(OCc5ccc(Cl)cc5F)n4)CC3)n(C[C@@H]3CCO3)c2c1. The number of piperazine rings is 1. The number of carbonyl (C=O) groups is 1. The Morgan fingerprint density at radius 2 is 1.95 bits per heavy atom. The van der Waals surface area contributed by atoms with E-state index in [4.69, 9.17) is 26.1 Å². The quantitative estimate of drug-likeness (QED) is 0.322. The zero-order valence-electron chi connectivity index (χ0n) is 21.7. The summed E-state index contributed by atoms with van der Waals surface area (Å²) in [6.07, 6.45) is 2.73. The molecule has 2 aromatic heterocycles. The Balaban J connectivity index is 1.11. The number of carboxylic acid groups (broad SMARTS) is 1. The summed E-state index contributed by atoms with van der Waals surface area (Å²) in [5.74, 6) is 0.441. The number of ether oxygens (including phenoxy) is 2. The van der Waals surface area contributed by atoms with Crippen molar-refractivity contribution in [3.63, 3.8) is 0 Å². The van der Waals surface area contributed by atoms with E-state index in [1.165, 1.54) is 6.07 Å². The number of nitrogens with zero attached hydrogens (tertiary/aromatic N) is 6. The first-order valence-corrected chi connectivity index (χ1v) is 13.5. The lowest BCUT2D eigenvalue weighted by Gasteiger charge is -2.35. The molecule has 1 atom stereocenters. The van der Waals surface area contributed by atoms with E-state index in [1.54, 1.807) is 42.6 Å². The summed E-state index contributed by atoms with van der Waals surface area (Å²) < 4.78 is 27.6. The van der Waals surface area contributed by atoms with Crippen LogP contribution in [-0.4, -0.2) is 74.4 Å². The summed E-state index contributed by atoms with van der Waals surface area (Å²) in [6.45, 7) is 5.04. The third-order valence-corrected chi connectivity index (χ3v) is 7.52. The molecule has 10 nitrogen and oxygen atoms in total. The van der Waals surface area contributed by atoms with Crippen LogP contribution in [-0.2, 0) is 24.4 Å². The van der Waals surface area contributed by atoms with Crippen molar-refractivity contribution < 1.29 is 23.8 Å². The molecule has 0 amide bonds. The Kier molecular flexibility index (Phi) is 7.50. The van der Waals surface area contributed by atoms with E-state index in [-0.39, 0.29) is 18.3 Å². The van der Waals surface area contributed by atoms with E-state index in [1.807, 2.05) is 0 Å². The lowest BCUT2D eigenvalue weighted by molar-refractivity contribution is -0.0592. The zero-order valence-corrected chi connectivity index (χ0v) is 22.4.